The van der Waals surface area contributed by atoms with E-state index in [2.05, 4.69) is 25.8 Å². The average molecular weight is 384 g/mol. The lowest BCUT2D eigenvalue weighted by Crippen LogP contribution is -2.53. The SMILES string of the molecule is CC(C)(C)c1ccc(C(=O)OC2CN(c3nc4ccc(F)cc4s3)C2)cc1. The molecule has 1 saturated heterocycles. The molecule has 0 atom stereocenters. The molecule has 0 N–H and O–H groups in total. The number of carbonyl (C=O) groups excluding carboxylic acids is 1. The molecule has 1 fully saturated rings. The zero-order valence-corrected chi connectivity index (χ0v) is 16.3. The molecule has 140 valence electrons. The molecule has 1 aliphatic heterocycles. The first-order valence-corrected chi connectivity index (χ1v) is 9.74. The molecule has 0 aliphatic carbocycles. The fourth-order valence-electron chi connectivity index (χ4n) is 3.02. The van der Waals surface area contributed by atoms with Crippen molar-refractivity contribution in [3.05, 3.63) is 59.4 Å². The number of thiazole rings is 1. The number of aromatic nitrogens is 1. The Morgan fingerprint density at radius 1 is 1.19 bits per heavy atom. The van der Waals surface area contributed by atoms with E-state index in [4.69, 9.17) is 4.74 Å². The predicted molar refractivity (Wildman–Crippen MR) is 106 cm³/mol. The van der Waals surface area contributed by atoms with Crippen LogP contribution in [-0.4, -0.2) is 30.1 Å². The molecule has 1 aliphatic rings. The zero-order valence-electron chi connectivity index (χ0n) is 15.5. The third-order valence-corrected chi connectivity index (χ3v) is 5.80. The van der Waals surface area contributed by atoms with E-state index in [9.17, 15) is 9.18 Å². The van der Waals surface area contributed by atoms with Gasteiger partial charge in [0.2, 0.25) is 0 Å². The monoisotopic (exact) mass is 384 g/mol. The van der Waals surface area contributed by atoms with Crippen LogP contribution in [0.3, 0.4) is 0 Å². The number of anilines is 1. The summed E-state index contributed by atoms with van der Waals surface area (Å²) in [6.45, 7) is 7.63. The summed E-state index contributed by atoms with van der Waals surface area (Å²) in [4.78, 5) is 18.9. The van der Waals surface area contributed by atoms with Crippen molar-refractivity contribution in [1.82, 2.24) is 4.98 Å². The number of ether oxygens (including phenoxy) is 1. The summed E-state index contributed by atoms with van der Waals surface area (Å²) in [5, 5.41) is 0.831. The van der Waals surface area contributed by atoms with Crippen molar-refractivity contribution in [1.29, 1.82) is 0 Å². The van der Waals surface area contributed by atoms with Crippen LogP contribution in [0.25, 0.3) is 10.2 Å². The predicted octanol–water partition coefficient (Wildman–Crippen LogP) is 4.78. The molecule has 27 heavy (non-hydrogen) atoms. The van der Waals surface area contributed by atoms with E-state index in [1.807, 2.05) is 29.2 Å². The molecule has 0 spiro atoms. The molecule has 0 saturated carbocycles. The molecule has 2 heterocycles. The molecule has 2 aromatic carbocycles. The van der Waals surface area contributed by atoms with Crippen LogP contribution in [0.2, 0.25) is 0 Å². The van der Waals surface area contributed by atoms with Gasteiger partial charge in [0.25, 0.3) is 0 Å². The largest absolute Gasteiger partial charge is 0.455 e. The van der Waals surface area contributed by atoms with Crippen molar-refractivity contribution in [3.8, 4) is 0 Å². The number of hydrogen-bond donors (Lipinski definition) is 0. The molecule has 0 unspecified atom stereocenters. The van der Waals surface area contributed by atoms with Crippen LogP contribution >= 0.6 is 11.3 Å². The standard InChI is InChI=1S/C21H21FN2O2S/c1-21(2,3)14-6-4-13(5-7-14)19(25)26-16-11-24(12-16)20-23-17-9-8-15(22)10-18(17)27-20/h4-10,16H,11-12H2,1-3H3. The highest BCUT2D eigenvalue weighted by atomic mass is 32.1. The fraction of sp³-hybridized carbons (Fsp3) is 0.333. The number of halogens is 1. The second-order valence-corrected chi connectivity index (χ2v) is 8.88. The maximum Gasteiger partial charge on any atom is 0.338 e. The summed E-state index contributed by atoms with van der Waals surface area (Å²) in [5.41, 5.74) is 2.59. The third-order valence-electron chi connectivity index (χ3n) is 4.72. The molecule has 4 rings (SSSR count). The molecule has 0 radical (unpaired) electrons. The molecule has 0 bridgehead atoms. The van der Waals surface area contributed by atoms with Crippen molar-refractivity contribution in [2.24, 2.45) is 0 Å². The number of carbonyl (C=O) groups is 1. The van der Waals surface area contributed by atoms with Crippen LogP contribution in [0.4, 0.5) is 9.52 Å². The highest BCUT2D eigenvalue weighted by molar-refractivity contribution is 7.22. The van der Waals surface area contributed by atoms with Gasteiger partial charge < -0.3 is 9.64 Å². The first-order chi connectivity index (χ1) is 12.8. The van der Waals surface area contributed by atoms with E-state index in [0.717, 1.165) is 15.3 Å². The van der Waals surface area contributed by atoms with Gasteiger partial charge in [0.1, 0.15) is 11.9 Å². The molecule has 0 amide bonds. The van der Waals surface area contributed by atoms with Gasteiger partial charge in [0, 0.05) is 0 Å². The number of hydrogen-bond acceptors (Lipinski definition) is 5. The minimum Gasteiger partial charge on any atom is -0.455 e. The van der Waals surface area contributed by atoms with Crippen LogP contribution < -0.4 is 4.90 Å². The van der Waals surface area contributed by atoms with Gasteiger partial charge in [0.15, 0.2) is 5.13 Å². The van der Waals surface area contributed by atoms with Crippen molar-refractivity contribution in [2.45, 2.75) is 32.3 Å². The third kappa shape index (κ3) is 3.67. The first kappa shape index (κ1) is 17.9. The van der Waals surface area contributed by atoms with Crippen molar-refractivity contribution < 1.29 is 13.9 Å². The fourth-order valence-corrected chi connectivity index (χ4v) is 4.02. The maximum atomic E-state index is 13.3. The number of nitrogens with zero attached hydrogens (tertiary/aromatic N) is 2. The van der Waals surface area contributed by atoms with E-state index < -0.39 is 0 Å². The van der Waals surface area contributed by atoms with E-state index in [0.29, 0.717) is 18.7 Å². The van der Waals surface area contributed by atoms with Crippen LogP contribution in [0, 0.1) is 5.82 Å². The molecule has 3 aromatic rings. The van der Waals surface area contributed by atoms with E-state index in [1.165, 1.54) is 29.0 Å². The summed E-state index contributed by atoms with van der Waals surface area (Å²) in [7, 11) is 0. The summed E-state index contributed by atoms with van der Waals surface area (Å²) >= 11 is 1.45. The Morgan fingerprint density at radius 2 is 1.89 bits per heavy atom. The zero-order chi connectivity index (χ0) is 19.2. The lowest BCUT2D eigenvalue weighted by atomic mass is 9.87. The minimum atomic E-state index is -0.300. The van der Waals surface area contributed by atoms with E-state index >= 15 is 0 Å². The van der Waals surface area contributed by atoms with Gasteiger partial charge in [0.05, 0.1) is 28.9 Å². The normalized spacial score (nSPS) is 15.0. The minimum absolute atomic E-state index is 0.0527. The second kappa shape index (κ2) is 6.60. The Morgan fingerprint density at radius 3 is 2.56 bits per heavy atom. The molecule has 4 nitrogen and oxygen atoms in total. The van der Waals surface area contributed by atoms with Crippen LogP contribution in [-0.2, 0) is 10.2 Å². The summed E-state index contributed by atoms with van der Waals surface area (Å²) < 4.78 is 19.7. The van der Waals surface area contributed by atoms with Gasteiger partial charge in [-0.25, -0.2) is 14.2 Å². The number of rotatable bonds is 3. The summed E-state index contributed by atoms with van der Waals surface area (Å²) in [6, 6.07) is 12.2. The van der Waals surface area contributed by atoms with Crippen LogP contribution in [0.5, 0.6) is 0 Å². The van der Waals surface area contributed by atoms with Gasteiger partial charge in [-0.05, 0) is 41.3 Å². The summed E-state index contributed by atoms with van der Waals surface area (Å²) in [5.74, 6) is -0.558. The lowest BCUT2D eigenvalue weighted by Gasteiger charge is -2.38. The Balaban J connectivity index is 1.36. The van der Waals surface area contributed by atoms with Crippen molar-refractivity contribution in [2.75, 3.05) is 18.0 Å². The van der Waals surface area contributed by atoms with E-state index in [1.54, 1.807) is 6.07 Å². The Kier molecular flexibility index (Phi) is 4.38. The highest BCUT2D eigenvalue weighted by Gasteiger charge is 2.32. The molecule has 6 heteroatoms. The molecule has 1 aromatic heterocycles. The lowest BCUT2D eigenvalue weighted by molar-refractivity contribution is 0.0234. The second-order valence-electron chi connectivity index (χ2n) is 7.87. The quantitative estimate of drug-likeness (QED) is 0.610. The Bertz CT molecular complexity index is 986. The van der Waals surface area contributed by atoms with Crippen molar-refractivity contribution >= 4 is 32.7 Å². The molecular formula is C21H21FN2O2S. The van der Waals surface area contributed by atoms with Gasteiger partial charge in [-0.3, -0.25) is 0 Å². The van der Waals surface area contributed by atoms with Crippen molar-refractivity contribution in [3.63, 3.8) is 0 Å². The van der Waals surface area contributed by atoms with Gasteiger partial charge >= 0.3 is 5.97 Å². The number of esters is 1. The maximum absolute atomic E-state index is 13.3. The smallest absolute Gasteiger partial charge is 0.338 e. The summed E-state index contributed by atoms with van der Waals surface area (Å²) in [6.07, 6.45) is -0.149. The van der Waals surface area contributed by atoms with Crippen LogP contribution in [0.15, 0.2) is 42.5 Å². The average Bonchev–Trinajstić information content (AvgIpc) is 2.99. The van der Waals surface area contributed by atoms with Gasteiger partial charge in [-0.2, -0.15) is 0 Å². The van der Waals surface area contributed by atoms with E-state index in [-0.39, 0.29) is 23.3 Å². The number of fused-ring (bicyclic) bond motifs is 1. The first-order valence-electron chi connectivity index (χ1n) is 8.92. The Hall–Kier alpha value is -2.47. The van der Waals surface area contributed by atoms with Gasteiger partial charge in [-0.15, -0.1) is 0 Å². The topological polar surface area (TPSA) is 42.4 Å². The molecular weight excluding hydrogens is 363 g/mol. The Labute approximate surface area is 161 Å². The number of benzene rings is 2. The highest BCUT2D eigenvalue weighted by Crippen LogP contribution is 2.32. The van der Waals surface area contributed by atoms with Gasteiger partial charge in [-0.1, -0.05) is 44.2 Å². The van der Waals surface area contributed by atoms with Crippen LogP contribution in [0.1, 0.15) is 36.7 Å².